The quantitative estimate of drug-likeness (QED) is 0.833. The van der Waals surface area contributed by atoms with E-state index in [0.29, 0.717) is 6.04 Å². The van der Waals surface area contributed by atoms with Gasteiger partial charge in [0.2, 0.25) is 0 Å². The van der Waals surface area contributed by atoms with E-state index >= 15 is 0 Å². The lowest BCUT2D eigenvalue weighted by atomic mass is 10.1. The van der Waals surface area contributed by atoms with Crippen molar-refractivity contribution < 1.29 is 4.79 Å². The predicted molar refractivity (Wildman–Crippen MR) is 80.1 cm³/mol. The third-order valence-corrected chi connectivity index (χ3v) is 3.75. The first kappa shape index (κ1) is 13.0. The van der Waals surface area contributed by atoms with Crippen LogP contribution in [0.25, 0.3) is 5.69 Å². The number of carbonyl (C=O) groups is 1. The molecule has 104 valence electrons. The van der Waals surface area contributed by atoms with Gasteiger partial charge < -0.3 is 9.47 Å². The van der Waals surface area contributed by atoms with Crippen LogP contribution in [0.2, 0.25) is 0 Å². The number of benzene rings is 1. The first-order chi connectivity index (χ1) is 9.66. The second-order valence-corrected chi connectivity index (χ2v) is 5.67. The van der Waals surface area contributed by atoms with Crippen LogP contribution in [0.5, 0.6) is 0 Å². The van der Waals surface area contributed by atoms with Crippen molar-refractivity contribution in [2.24, 2.45) is 0 Å². The van der Waals surface area contributed by atoms with Crippen LogP contribution in [-0.2, 0) is 0 Å². The topological polar surface area (TPSA) is 25.2 Å². The van der Waals surface area contributed by atoms with E-state index in [-0.39, 0.29) is 11.9 Å². The number of nitrogens with zero attached hydrogens (tertiary/aromatic N) is 2. The van der Waals surface area contributed by atoms with E-state index < -0.39 is 0 Å². The van der Waals surface area contributed by atoms with E-state index in [4.69, 9.17) is 0 Å². The SMILES string of the molecule is CC(C)N(C(=O)c1ccc(-n2cccc2)cc1)C1CC1. The molecule has 0 radical (unpaired) electrons. The molecule has 0 bridgehead atoms. The van der Waals surface area contributed by atoms with Crippen LogP contribution in [-0.4, -0.2) is 27.5 Å². The fourth-order valence-electron chi connectivity index (χ4n) is 2.61. The number of aromatic nitrogens is 1. The average molecular weight is 268 g/mol. The Labute approximate surface area is 119 Å². The number of amides is 1. The van der Waals surface area contributed by atoms with Crippen molar-refractivity contribution in [3.63, 3.8) is 0 Å². The van der Waals surface area contributed by atoms with E-state index in [9.17, 15) is 4.79 Å². The zero-order chi connectivity index (χ0) is 14.1. The number of carbonyl (C=O) groups excluding carboxylic acids is 1. The molecule has 1 aliphatic carbocycles. The zero-order valence-corrected chi connectivity index (χ0v) is 12.0. The van der Waals surface area contributed by atoms with Gasteiger partial charge in [0, 0.05) is 35.7 Å². The summed E-state index contributed by atoms with van der Waals surface area (Å²) in [6.45, 7) is 4.18. The highest BCUT2D eigenvalue weighted by Gasteiger charge is 2.34. The molecule has 0 aliphatic heterocycles. The van der Waals surface area contributed by atoms with Gasteiger partial charge >= 0.3 is 0 Å². The van der Waals surface area contributed by atoms with Crippen molar-refractivity contribution in [2.45, 2.75) is 38.8 Å². The molecule has 1 aliphatic rings. The highest BCUT2D eigenvalue weighted by atomic mass is 16.2. The fourth-order valence-corrected chi connectivity index (χ4v) is 2.61. The minimum Gasteiger partial charge on any atom is -0.333 e. The first-order valence-corrected chi connectivity index (χ1v) is 7.23. The number of hydrogen-bond acceptors (Lipinski definition) is 1. The molecule has 1 fully saturated rings. The lowest BCUT2D eigenvalue weighted by Crippen LogP contribution is -2.38. The second kappa shape index (κ2) is 5.16. The molecule has 0 unspecified atom stereocenters. The molecule has 1 aromatic heterocycles. The molecule has 2 aromatic rings. The van der Waals surface area contributed by atoms with Gasteiger partial charge in [-0.15, -0.1) is 0 Å². The third kappa shape index (κ3) is 2.48. The van der Waals surface area contributed by atoms with Crippen LogP contribution in [0, 0.1) is 0 Å². The van der Waals surface area contributed by atoms with Gasteiger partial charge in [-0.1, -0.05) is 0 Å². The highest BCUT2D eigenvalue weighted by molar-refractivity contribution is 5.95. The predicted octanol–water partition coefficient (Wildman–Crippen LogP) is 3.49. The fraction of sp³-hybridized carbons (Fsp3) is 0.353. The molecular weight excluding hydrogens is 248 g/mol. The first-order valence-electron chi connectivity index (χ1n) is 7.23. The van der Waals surface area contributed by atoms with Crippen molar-refractivity contribution in [2.75, 3.05) is 0 Å². The molecule has 3 heteroatoms. The van der Waals surface area contributed by atoms with Gasteiger partial charge in [0.15, 0.2) is 0 Å². The Bertz CT molecular complexity index is 578. The van der Waals surface area contributed by atoms with Crippen molar-refractivity contribution >= 4 is 5.91 Å². The zero-order valence-electron chi connectivity index (χ0n) is 12.0. The molecule has 0 atom stereocenters. The minimum atomic E-state index is 0.154. The minimum absolute atomic E-state index is 0.154. The molecule has 20 heavy (non-hydrogen) atoms. The Balaban J connectivity index is 1.81. The molecule has 0 saturated heterocycles. The number of hydrogen-bond donors (Lipinski definition) is 0. The summed E-state index contributed by atoms with van der Waals surface area (Å²) in [6, 6.07) is 12.5. The Kier molecular flexibility index (Phi) is 3.35. The lowest BCUT2D eigenvalue weighted by Gasteiger charge is -2.26. The van der Waals surface area contributed by atoms with Gasteiger partial charge in [0.25, 0.3) is 5.91 Å². The normalized spacial score (nSPS) is 14.6. The molecular formula is C17H20N2O. The molecule has 1 amide bonds. The summed E-state index contributed by atoms with van der Waals surface area (Å²) in [6.07, 6.45) is 6.29. The summed E-state index contributed by atoms with van der Waals surface area (Å²) in [5.74, 6) is 0.154. The van der Waals surface area contributed by atoms with Crippen molar-refractivity contribution in [1.29, 1.82) is 0 Å². The lowest BCUT2D eigenvalue weighted by molar-refractivity contribution is 0.0690. The largest absolute Gasteiger partial charge is 0.333 e. The third-order valence-electron chi connectivity index (χ3n) is 3.75. The summed E-state index contributed by atoms with van der Waals surface area (Å²) >= 11 is 0. The van der Waals surface area contributed by atoms with E-state index in [2.05, 4.69) is 13.8 Å². The van der Waals surface area contributed by atoms with Gasteiger partial charge in [0.05, 0.1) is 0 Å². The van der Waals surface area contributed by atoms with Gasteiger partial charge in [-0.05, 0) is 63.1 Å². The molecule has 0 spiro atoms. The standard InChI is InChI=1S/C17H20N2O/c1-13(2)19(16-9-10-16)17(20)14-5-7-15(8-6-14)18-11-3-4-12-18/h3-8,11-13,16H,9-10H2,1-2H3. The summed E-state index contributed by atoms with van der Waals surface area (Å²) in [4.78, 5) is 14.6. The van der Waals surface area contributed by atoms with E-state index in [1.165, 1.54) is 0 Å². The van der Waals surface area contributed by atoms with Crippen LogP contribution < -0.4 is 0 Å². The smallest absolute Gasteiger partial charge is 0.254 e. The van der Waals surface area contributed by atoms with E-state index in [0.717, 1.165) is 24.1 Å². The second-order valence-electron chi connectivity index (χ2n) is 5.67. The van der Waals surface area contributed by atoms with Gasteiger partial charge in [-0.25, -0.2) is 0 Å². The Morgan fingerprint density at radius 1 is 1.15 bits per heavy atom. The van der Waals surface area contributed by atoms with Crippen LogP contribution >= 0.6 is 0 Å². The molecule has 1 saturated carbocycles. The van der Waals surface area contributed by atoms with E-state index in [1.54, 1.807) is 0 Å². The van der Waals surface area contributed by atoms with Crippen LogP contribution in [0.1, 0.15) is 37.0 Å². The van der Waals surface area contributed by atoms with Crippen molar-refractivity contribution in [1.82, 2.24) is 9.47 Å². The summed E-state index contributed by atoms with van der Waals surface area (Å²) in [5.41, 5.74) is 1.86. The van der Waals surface area contributed by atoms with Crippen molar-refractivity contribution in [3.8, 4) is 5.69 Å². The highest BCUT2D eigenvalue weighted by Crippen LogP contribution is 2.30. The Morgan fingerprint density at radius 3 is 2.25 bits per heavy atom. The monoisotopic (exact) mass is 268 g/mol. The van der Waals surface area contributed by atoms with Gasteiger partial charge in [-0.2, -0.15) is 0 Å². The Hall–Kier alpha value is -2.03. The van der Waals surface area contributed by atoms with Crippen LogP contribution in [0.3, 0.4) is 0 Å². The molecule has 1 aromatic carbocycles. The molecule has 3 nitrogen and oxygen atoms in total. The molecule has 3 rings (SSSR count). The van der Waals surface area contributed by atoms with E-state index in [1.807, 2.05) is 58.3 Å². The average Bonchev–Trinajstić information content (AvgIpc) is 3.11. The number of rotatable bonds is 4. The molecule has 1 heterocycles. The van der Waals surface area contributed by atoms with Crippen molar-refractivity contribution in [3.05, 3.63) is 54.4 Å². The summed E-state index contributed by atoms with van der Waals surface area (Å²) in [7, 11) is 0. The summed E-state index contributed by atoms with van der Waals surface area (Å²) < 4.78 is 2.04. The van der Waals surface area contributed by atoms with Gasteiger partial charge in [-0.3, -0.25) is 4.79 Å². The van der Waals surface area contributed by atoms with Crippen LogP contribution in [0.4, 0.5) is 0 Å². The van der Waals surface area contributed by atoms with Crippen LogP contribution in [0.15, 0.2) is 48.8 Å². The summed E-state index contributed by atoms with van der Waals surface area (Å²) in [5, 5.41) is 0. The maximum Gasteiger partial charge on any atom is 0.254 e. The van der Waals surface area contributed by atoms with Gasteiger partial charge in [0.1, 0.15) is 0 Å². The maximum atomic E-state index is 12.6. The Morgan fingerprint density at radius 2 is 1.75 bits per heavy atom. The molecule has 0 N–H and O–H groups in total. The maximum absolute atomic E-state index is 12.6.